The number of anilines is 1. The van der Waals surface area contributed by atoms with Crippen LogP contribution >= 0.6 is 0 Å². The Bertz CT molecular complexity index is 835. The summed E-state index contributed by atoms with van der Waals surface area (Å²) in [4.78, 5) is 11.1. The molecule has 0 fully saturated rings. The fraction of sp³-hybridized carbons (Fsp3) is 0.167. The standard InChI is InChI=1S/C18H17N3O3/c1-12(8-10-17(23)24-2)7-9-13-11-15(20-21-18(13)19)14-5-3-4-6-16(14)22/h3-6,11,22H,1,8,10H2,2H3,(H2,19,21). The van der Waals surface area contributed by atoms with E-state index in [1.165, 1.54) is 7.11 Å². The number of nitrogens with zero attached hydrogens (tertiary/aromatic N) is 2. The van der Waals surface area contributed by atoms with Crippen molar-refractivity contribution in [3.8, 4) is 28.8 Å². The average molecular weight is 323 g/mol. The highest BCUT2D eigenvalue weighted by molar-refractivity contribution is 5.70. The van der Waals surface area contributed by atoms with Crippen LogP contribution in [0.5, 0.6) is 5.75 Å². The van der Waals surface area contributed by atoms with Gasteiger partial charge in [-0.15, -0.1) is 10.2 Å². The number of para-hydroxylation sites is 1. The summed E-state index contributed by atoms with van der Waals surface area (Å²) in [7, 11) is 1.33. The minimum atomic E-state index is -0.315. The predicted molar refractivity (Wildman–Crippen MR) is 90.8 cm³/mol. The highest BCUT2D eigenvalue weighted by atomic mass is 16.5. The third kappa shape index (κ3) is 4.34. The Morgan fingerprint density at radius 2 is 2.08 bits per heavy atom. The van der Waals surface area contributed by atoms with Crippen molar-refractivity contribution in [3.63, 3.8) is 0 Å². The summed E-state index contributed by atoms with van der Waals surface area (Å²) < 4.78 is 4.57. The Morgan fingerprint density at radius 3 is 2.79 bits per heavy atom. The Labute approximate surface area is 140 Å². The Kier molecular flexibility index (Phi) is 5.53. The first-order chi connectivity index (χ1) is 11.5. The molecule has 6 heteroatoms. The predicted octanol–water partition coefficient (Wildman–Crippen LogP) is 2.29. The van der Waals surface area contributed by atoms with Gasteiger partial charge in [-0.05, 0) is 30.2 Å². The summed E-state index contributed by atoms with van der Waals surface area (Å²) in [5, 5.41) is 17.7. The van der Waals surface area contributed by atoms with Crippen LogP contribution in [0.3, 0.4) is 0 Å². The van der Waals surface area contributed by atoms with Gasteiger partial charge in [0.25, 0.3) is 0 Å². The monoisotopic (exact) mass is 323 g/mol. The van der Waals surface area contributed by atoms with Gasteiger partial charge in [0.1, 0.15) is 5.75 Å². The summed E-state index contributed by atoms with van der Waals surface area (Å²) in [6.45, 7) is 3.80. The zero-order valence-corrected chi connectivity index (χ0v) is 13.2. The fourth-order valence-corrected chi connectivity index (χ4v) is 1.90. The molecular weight excluding hydrogens is 306 g/mol. The van der Waals surface area contributed by atoms with Gasteiger partial charge in [0.15, 0.2) is 5.82 Å². The molecule has 0 aliphatic rings. The molecule has 0 radical (unpaired) electrons. The van der Waals surface area contributed by atoms with Gasteiger partial charge in [-0.3, -0.25) is 4.79 Å². The minimum absolute atomic E-state index is 0.0953. The second kappa shape index (κ2) is 7.79. The molecular formula is C18H17N3O3. The van der Waals surface area contributed by atoms with Crippen molar-refractivity contribution in [2.45, 2.75) is 12.8 Å². The van der Waals surface area contributed by atoms with Crippen LogP contribution in [0.4, 0.5) is 5.82 Å². The van der Waals surface area contributed by atoms with Gasteiger partial charge in [0.05, 0.1) is 24.8 Å². The Balaban J connectivity index is 2.22. The van der Waals surface area contributed by atoms with E-state index in [1.54, 1.807) is 30.3 Å². The molecule has 1 aromatic heterocycles. The molecule has 0 spiro atoms. The summed E-state index contributed by atoms with van der Waals surface area (Å²) in [5.74, 6) is 5.69. The van der Waals surface area contributed by atoms with Gasteiger partial charge in [-0.2, -0.15) is 0 Å². The number of carbonyl (C=O) groups excluding carboxylic acids is 1. The first-order valence-corrected chi connectivity index (χ1v) is 7.19. The Hall–Kier alpha value is -3.33. The van der Waals surface area contributed by atoms with Gasteiger partial charge in [-0.1, -0.05) is 30.6 Å². The number of esters is 1. The van der Waals surface area contributed by atoms with E-state index in [0.29, 0.717) is 28.8 Å². The van der Waals surface area contributed by atoms with E-state index >= 15 is 0 Å². The topological polar surface area (TPSA) is 98.3 Å². The maximum Gasteiger partial charge on any atom is 0.305 e. The van der Waals surface area contributed by atoms with Gasteiger partial charge >= 0.3 is 5.97 Å². The number of ether oxygens (including phenoxy) is 1. The number of nitrogens with two attached hydrogens (primary N) is 1. The molecule has 0 aliphatic heterocycles. The van der Waals surface area contributed by atoms with E-state index in [2.05, 4.69) is 33.4 Å². The Morgan fingerprint density at radius 1 is 1.33 bits per heavy atom. The zero-order chi connectivity index (χ0) is 17.5. The number of nitrogen functional groups attached to an aromatic ring is 1. The third-order valence-electron chi connectivity index (χ3n) is 3.24. The number of phenolic OH excluding ortho intramolecular Hbond substituents is 1. The number of methoxy groups -OCH3 is 1. The SMILES string of the molecule is C=C(C#Cc1cc(-c2ccccc2O)nnc1N)CCC(=O)OC. The van der Waals surface area contributed by atoms with E-state index in [0.717, 1.165) is 0 Å². The number of aromatic nitrogens is 2. The number of phenols is 1. The minimum Gasteiger partial charge on any atom is -0.507 e. The maximum atomic E-state index is 11.1. The molecule has 122 valence electrons. The van der Waals surface area contributed by atoms with Crippen molar-refractivity contribution in [1.29, 1.82) is 0 Å². The van der Waals surface area contributed by atoms with E-state index in [1.807, 2.05) is 0 Å². The van der Waals surface area contributed by atoms with Gasteiger partial charge in [-0.25, -0.2) is 0 Å². The summed E-state index contributed by atoms with van der Waals surface area (Å²) in [5.41, 5.74) is 7.86. The highest BCUT2D eigenvalue weighted by Crippen LogP contribution is 2.27. The van der Waals surface area contributed by atoms with Crippen LogP contribution in [0.1, 0.15) is 18.4 Å². The molecule has 0 amide bonds. The lowest BCUT2D eigenvalue weighted by atomic mass is 10.1. The molecule has 2 rings (SSSR count). The molecule has 0 bridgehead atoms. The molecule has 24 heavy (non-hydrogen) atoms. The van der Waals surface area contributed by atoms with Gasteiger partial charge in [0, 0.05) is 5.56 Å². The van der Waals surface area contributed by atoms with Crippen molar-refractivity contribution >= 4 is 11.8 Å². The van der Waals surface area contributed by atoms with Crippen LogP contribution in [0, 0.1) is 11.8 Å². The number of hydrogen-bond donors (Lipinski definition) is 2. The van der Waals surface area contributed by atoms with Crippen LogP contribution in [0.2, 0.25) is 0 Å². The maximum absolute atomic E-state index is 11.1. The van der Waals surface area contributed by atoms with Crippen molar-refractivity contribution < 1.29 is 14.6 Å². The largest absolute Gasteiger partial charge is 0.507 e. The van der Waals surface area contributed by atoms with E-state index in [4.69, 9.17) is 5.73 Å². The van der Waals surface area contributed by atoms with E-state index < -0.39 is 0 Å². The van der Waals surface area contributed by atoms with Crippen LogP contribution in [0.15, 0.2) is 42.5 Å². The van der Waals surface area contributed by atoms with Crippen molar-refractivity contribution in [1.82, 2.24) is 10.2 Å². The van der Waals surface area contributed by atoms with Crippen molar-refractivity contribution in [2.75, 3.05) is 12.8 Å². The molecule has 2 aromatic rings. The summed E-state index contributed by atoms with van der Waals surface area (Å²) in [6, 6.07) is 8.44. The van der Waals surface area contributed by atoms with E-state index in [9.17, 15) is 9.90 Å². The second-order valence-electron chi connectivity index (χ2n) is 4.98. The van der Waals surface area contributed by atoms with Gasteiger partial charge < -0.3 is 15.6 Å². The summed E-state index contributed by atoms with van der Waals surface area (Å²) >= 11 is 0. The lowest BCUT2D eigenvalue weighted by Crippen LogP contribution is -2.00. The molecule has 0 aliphatic carbocycles. The summed E-state index contributed by atoms with van der Waals surface area (Å²) in [6.07, 6.45) is 0.627. The van der Waals surface area contributed by atoms with Crippen molar-refractivity contribution in [3.05, 3.63) is 48.0 Å². The molecule has 6 nitrogen and oxygen atoms in total. The molecule has 1 heterocycles. The number of allylic oxidation sites excluding steroid dienone is 1. The average Bonchev–Trinajstić information content (AvgIpc) is 2.59. The first-order valence-electron chi connectivity index (χ1n) is 7.19. The molecule has 1 aromatic carbocycles. The van der Waals surface area contributed by atoms with Crippen LogP contribution in [0.25, 0.3) is 11.3 Å². The second-order valence-corrected chi connectivity index (χ2v) is 4.98. The van der Waals surface area contributed by atoms with Crippen LogP contribution < -0.4 is 5.73 Å². The van der Waals surface area contributed by atoms with Gasteiger partial charge in [0.2, 0.25) is 0 Å². The molecule has 0 unspecified atom stereocenters. The quantitative estimate of drug-likeness (QED) is 0.662. The molecule has 0 atom stereocenters. The lowest BCUT2D eigenvalue weighted by Gasteiger charge is -2.04. The third-order valence-corrected chi connectivity index (χ3v) is 3.24. The normalized spacial score (nSPS) is 9.71. The zero-order valence-electron chi connectivity index (χ0n) is 13.2. The fourth-order valence-electron chi connectivity index (χ4n) is 1.90. The number of benzene rings is 1. The lowest BCUT2D eigenvalue weighted by molar-refractivity contribution is -0.140. The molecule has 3 N–H and O–H groups in total. The van der Waals surface area contributed by atoms with E-state index in [-0.39, 0.29) is 24.0 Å². The molecule has 0 saturated carbocycles. The van der Waals surface area contributed by atoms with Crippen molar-refractivity contribution in [2.24, 2.45) is 0 Å². The number of rotatable bonds is 4. The first kappa shape index (κ1) is 17.0. The highest BCUT2D eigenvalue weighted by Gasteiger charge is 2.08. The number of carbonyl (C=O) groups is 1. The number of hydrogen-bond acceptors (Lipinski definition) is 6. The van der Waals surface area contributed by atoms with Crippen LogP contribution in [-0.4, -0.2) is 28.4 Å². The van der Waals surface area contributed by atoms with Crippen LogP contribution in [-0.2, 0) is 9.53 Å². The molecule has 0 saturated heterocycles. The smallest absolute Gasteiger partial charge is 0.305 e. The number of aromatic hydroxyl groups is 1.